The van der Waals surface area contributed by atoms with Gasteiger partial charge in [0.2, 0.25) is 5.91 Å². The van der Waals surface area contributed by atoms with Gasteiger partial charge in [-0.05, 0) is 26.0 Å². The maximum Gasteiger partial charge on any atom is 0.222 e. The number of rotatable bonds is 6. The number of thiazole rings is 2. The Morgan fingerprint density at radius 2 is 2.11 bits per heavy atom. The molecule has 3 rings (SSSR count). The van der Waals surface area contributed by atoms with Crippen LogP contribution in [0.25, 0.3) is 15.8 Å². The van der Waals surface area contributed by atoms with Crippen LogP contribution < -0.4 is 5.73 Å². The Bertz CT molecular complexity index is 1040. The molecule has 0 saturated heterocycles. The zero-order valence-electron chi connectivity index (χ0n) is 14.6. The number of benzene rings is 1. The van der Waals surface area contributed by atoms with Crippen LogP contribution in [0.3, 0.4) is 0 Å². The van der Waals surface area contributed by atoms with Crippen molar-refractivity contribution in [2.75, 3.05) is 0 Å². The second-order valence-corrected chi connectivity index (χ2v) is 9.45. The van der Waals surface area contributed by atoms with Crippen LogP contribution in [0.5, 0.6) is 0 Å². The number of fused-ring (bicyclic) bond motifs is 1. The van der Waals surface area contributed by atoms with Crippen molar-refractivity contribution in [2.24, 2.45) is 5.73 Å². The van der Waals surface area contributed by atoms with E-state index in [9.17, 15) is 15.2 Å². The lowest BCUT2D eigenvalue weighted by molar-refractivity contribution is -0.117. The van der Waals surface area contributed by atoms with Crippen molar-refractivity contribution in [1.82, 2.24) is 9.97 Å². The number of nitrogens with zero attached hydrogens (tertiary/aromatic N) is 3. The number of para-hydroxylation sites is 1. The number of allylic oxidation sites excluding steroid dienone is 1. The first-order valence-electron chi connectivity index (χ1n) is 7.99. The standard InChI is InChI=1S/C18H16N4O2S3/c1-9-14(7-15(20)23)27-18(21-9)25-10(2)16(24)11(8-19)17-22-12-5-3-4-6-13(12)26-17/h3-6,10,24H,7H2,1-2H3,(H2,20,23)/b16-11+. The highest BCUT2D eigenvalue weighted by atomic mass is 32.2. The Morgan fingerprint density at radius 1 is 1.37 bits per heavy atom. The number of hydrogen-bond acceptors (Lipinski definition) is 8. The smallest absolute Gasteiger partial charge is 0.222 e. The zero-order valence-corrected chi connectivity index (χ0v) is 17.0. The van der Waals surface area contributed by atoms with Crippen LogP contribution in [0.1, 0.15) is 22.5 Å². The molecular weight excluding hydrogens is 400 g/mol. The predicted molar refractivity (Wildman–Crippen MR) is 110 cm³/mol. The lowest BCUT2D eigenvalue weighted by Crippen LogP contribution is -2.13. The molecular formula is C18H16N4O2S3. The molecule has 1 atom stereocenters. The van der Waals surface area contributed by atoms with Crippen LogP contribution in [0.4, 0.5) is 0 Å². The Balaban J connectivity index is 1.86. The molecule has 0 fully saturated rings. The molecule has 0 aliphatic heterocycles. The molecule has 2 aromatic heterocycles. The molecule has 0 aliphatic carbocycles. The fourth-order valence-corrected chi connectivity index (χ4v) is 5.80. The number of carbonyl (C=O) groups is 1. The molecule has 138 valence electrons. The van der Waals surface area contributed by atoms with Gasteiger partial charge in [0.05, 0.1) is 27.6 Å². The number of primary amides is 1. The first kappa shape index (κ1) is 19.4. The fraction of sp³-hybridized carbons (Fsp3) is 0.222. The first-order valence-corrected chi connectivity index (χ1v) is 10.5. The summed E-state index contributed by atoms with van der Waals surface area (Å²) in [5, 5.41) is 20.3. The zero-order chi connectivity index (χ0) is 19.6. The summed E-state index contributed by atoms with van der Waals surface area (Å²) < 4.78 is 1.67. The number of aliphatic hydroxyl groups is 1. The Morgan fingerprint density at radius 3 is 2.78 bits per heavy atom. The minimum Gasteiger partial charge on any atom is -0.510 e. The maximum atomic E-state index is 11.1. The first-order chi connectivity index (χ1) is 12.9. The van der Waals surface area contributed by atoms with Crippen LogP contribution >= 0.6 is 34.4 Å². The van der Waals surface area contributed by atoms with E-state index in [0.717, 1.165) is 20.8 Å². The van der Waals surface area contributed by atoms with Gasteiger partial charge in [-0.15, -0.1) is 22.7 Å². The van der Waals surface area contributed by atoms with E-state index in [0.29, 0.717) is 9.35 Å². The third-order valence-electron chi connectivity index (χ3n) is 3.75. The van der Waals surface area contributed by atoms with E-state index in [1.54, 1.807) is 6.92 Å². The number of aromatic nitrogens is 2. The summed E-state index contributed by atoms with van der Waals surface area (Å²) in [6.45, 7) is 3.62. The van der Waals surface area contributed by atoms with E-state index in [-0.39, 0.29) is 17.8 Å². The molecule has 2 heterocycles. The number of nitriles is 1. The molecule has 0 aliphatic rings. The molecule has 0 saturated carbocycles. The van der Waals surface area contributed by atoms with Gasteiger partial charge in [0, 0.05) is 4.88 Å². The summed E-state index contributed by atoms with van der Waals surface area (Å²) in [6, 6.07) is 9.67. The van der Waals surface area contributed by atoms with E-state index in [4.69, 9.17) is 5.73 Å². The Kier molecular flexibility index (Phi) is 5.79. The van der Waals surface area contributed by atoms with Crippen molar-refractivity contribution < 1.29 is 9.90 Å². The molecule has 9 heteroatoms. The lowest BCUT2D eigenvalue weighted by Gasteiger charge is -2.09. The largest absolute Gasteiger partial charge is 0.510 e. The van der Waals surface area contributed by atoms with E-state index in [1.807, 2.05) is 31.2 Å². The molecule has 3 N–H and O–H groups in total. The van der Waals surface area contributed by atoms with Crippen molar-refractivity contribution in [3.8, 4) is 6.07 Å². The molecule has 0 radical (unpaired) electrons. The average molecular weight is 417 g/mol. The van der Waals surface area contributed by atoms with Crippen LogP contribution in [0.2, 0.25) is 0 Å². The lowest BCUT2D eigenvalue weighted by atomic mass is 10.2. The quantitative estimate of drug-likeness (QED) is 0.356. The highest BCUT2D eigenvalue weighted by Crippen LogP contribution is 2.36. The summed E-state index contributed by atoms with van der Waals surface area (Å²) in [7, 11) is 0. The average Bonchev–Trinajstić information content (AvgIpc) is 3.18. The number of aliphatic hydroxyl groups excluding tert-OH is 1. The topological polar surface area (TPSA) is 113 Å². The maximum absolute atomic E-state index is 11.1. The number of amides is 1. The molecule has 0 spiro atoms. The summed E-state index contributed by atoms with van der Waals surface area (Å²) in [4.78, 5) is 20.8. The number of aryl methyl sites for hydroxylation is 1. The van der Waals surface area contributed by atoms with E-state index < -0.39 is 11.2 Å². The summed E-state index contributed by atoms with van der Waals surface area (Å²) >= 11 is 4.08. The number of hydrogen-bond donors (Lipinski definition) is 2. The monoisotopic (exact) mass is 416 g/mol. The van der Waals surface area contributed by atoms with E-state index in [1.165, 1.54) is 34.4 Å². The third kappa shape index (κ3) is 4.30. The van der Waals surface area contributed by atoms with Crippen LogP contribution in [0.15, 0.2) is 34.4 Å². The summed E-state index contributed by atoms with van der Waals surface area (Å²) in [5.41, 5.74) is 6.97. The molecule has 3 aromatic rings. The van der Waals surface area contributed by atoms with Gasteiger partial charge >= 0.3 is 0 Å². The summed E-state index contributed by atoms with van der Waals surface area (Å²) in [6.07, 6.45) is 0.148. The van der Waals surface area contributed by atoms with Gasteiger partial charge in [0.15, 0.2) is 4.34 Å². The van der Waals surface area contributed by atoms with Gasteiger partial charge in [-0.3, -0.25) is 4.79 Å². The van der Waals surface area contributed by atoms with Crippen molar-refractivity contribution in [3.05, 3.63) is 45.6 Å². The predicted octanol–water partition coefficient (Wildman–Crippen LogP) is 4.06. The van der Waals surface area contributed by atoms with E-state index in [2.05, 4.69) is 16.0 Å². The van der Waals surface area contributed by atoms with Crippen molar-refractivity contribution in [3.63, 3.8) is 0 Å². The van der Waals surface area contributed by atoms with Gasteiger partial charge in [-0.2, -0.15) is 5.26 Å². The van der Waals surface area contributed by atoms with Gasteiger partial charge < -0.3 is 10.8 Å². The van der Waals surface area contributed by atoms with Crippen LogP contribution in [0, 0.1) is 18.3 Å². The van der Waals surface area contributed by atoms with Gasteiger partial charge in [0.1, 0.15) is 22.4 Å². The number of nitrogens with two attached hydrogens (primary N) is 1. The molecule has 1 amide bonds. The molecule has 0 bridgehead atoms. The second kappa shape index (κ2) is 8.08. The normalized spacial score (nSPS) is 13.2. The van der Waals surface area contributed by atoms with E-state index >= 15 is 0 Å². The molecule has 27 heavy (non-hydrogen) atoms. The van der Waals surface area contributed by atoms with Crippen molar-refractivity contribution in [1.29, 1.82) is 5.26 Å². The number of thioether (sulfide) groups is 1. The second-order valence-electron chi connectivity index (χ2n) is 5.75. The highest BCUT2D eigenvalue weighted by molar-refractivity contribution is 8.01. The summed E-state index contributed by atoms with van der Waals surface area (Å²) in [5.74, 6) is -0.442. The Hall–Kier alpha value is -2.41. The van der Waals surface area contributed by atoms with Crippen molar-refractivity contribution in [2.45, 2.75) is 29.9 Å². The minimum atomic E-state index is -0.406. The molecule has 1 aromatic carbocycles. The molecule has 1 unspecified atom stereocenters. The van der Waals surface area contributed by atoms with Crippen LogP contribution in [-0.2, 0) is 11.2 Å². The molecule has 6 nitrogen and oxygen atoms in total. The van der Waals surface area contributed by atoms with Gasteiger partial charge in [-0.1, -0.05) is 23.9 Å². The van der Waals surface area contributed by atoms with Crippen molar-refractivity contribution >= 4 is 56.1 Å². The van der Waals surface area contributed by atoms with Gasteiger partial charge in [-0.25, -0.2) is 9.97 Å². The van der Waals surface area contributed by atoms with Crippen LogP contribution in [-0.4, -0.2) is 26.2 Å². The minimum absolute atomic E-state index is 0.0362. The highest BCUT2D eigenvalue weighted by Gasteiger charge is 2.21. The fourth-order valence-electron chi connectivity index (χ4n) is 2.38. The SMILES string of the molecule is Cc1nc(SC(C)/C(O)=C(/C#N)c2nc3ccccc3s2)sc1CC(N)=O. The Labute approximate surface area is 168 Å². The number of carbonyl (C=O) groups excluding carboxylic acids is 1. The van der Waals surface area contributed by atoms with Gasteiger partial charge in [0.25, 0.3) is 0 Å². The third-order valence-corrected chi connectivity index (χ3v) is 7.16.